The summed E-state index contributed by atoms with van der Waals surface area (Å²) in [6, 6.07) is 10.9. The van der Waals surface area contributed by atoms with Crippen molar-refractivity contribution >= 4 is 5.52 Å². The molecule has 1 aromatic carbocycles. The molecule has 0 aliphatic heterocycles. The fourth-order valence-corrected chi connectivity index (χ4v) is 2.47. The first-order valence-electron chi connectivity index (χ1n) is 6.93. The van der Waals surface area contributed by atoms with Gasteiger partial charge in [-0.3, -0.25) is 0 Å². The summed E-state index contributed by atoms with van der Waals surface area (Å²) in [7, 11) is 0. The maximum atomic E-state index is 5.61. The summed E-state index contributed by atoms with van der Waals surface area (Å²) in [6.07, 6.45) is 4.80. The molecule has 0 fully saturated rings. The van der Waals surface area contributed by atoms with Crippen molar-refractivity contribution in [2.75, 3.05) is 6.54 Å². The Balaban J connectivity index is 2.06. The van der Waals surface area contributed by atoms with Crippen LogP contribution in [0.1, 0.15) is 17.0 Å². The smallest absolute Gasteiger partial charge is 0.114 e. The van der Waals surface area contributed by atoms with Gasteiger partial charge in [0.1, 0.15) is 5.82 Å². The summed E-state index contributed by atoms with van der Waals surface area (Å²) in [5.41, 5.74) is 11.8. The third-order valence-electron chi connectivity index (χ3n) is 3.82. The first-order valence-corrected chi connectivity index (χ1v) is 6.93. The van der Waals surface area contributed by atoms with E-state index in [1.165, 1.54) is 22.3 Å². The van der Waals surface area contributed by atoms with E-state index in [2.05, 4.69) is 59.8 Å². The standard InChI is InChI=1S/C17H19N3/c1-12-3-4-14(9-13(12)2)15-6-8-20-16(10-15)11-19-17(20)5-7-18/h3-4,6,8-11H,5,7,18H2,1-2H3. The number of hydrogen-bond donors (Lipinski definition) is 1. The summed E-state index contributed by atoms with van der Waals surface area (Å²) < 4.78 is 2.11. The quantitative estimate of drug-likeness (QED) is 0.790. The number of fused-ring (bicyclic) bond motifs is 1. The molecule has 3 heteroatoms. The van der Waals surface area contributed by atoms with Gasteiger partial charge < -0.3 is 10.1 Å². The second-order valence-electron chi connectivity index (χ2n) is 5.22. The van der Waals surface area contributed by atoms with Crippen LogP contribution >= 0.6 is 0 Å². The van der Waals surface area contributed by atoms with Crippen LogP contribution in [0.25, 0.3) is 16.6 Å². The fourth-order valence-electron chi connectivity index (χ4n) is 2.47. The number of benzene rings is 1. The van der Waals surface area contributed by atoms with Gasteiger partial charge in [-0.15, -0.1) is 0 Å². The summed E-state index contributed by atoms with van der Waals surface area (Å²) in [6.45, 7) is 4.91. The predicted octanol–water partition coefficient (Wildman–Crippen LogP) is 3.12. The van der Waals surface area contributed by atoms with Gasteiger partial charge in [0.25, 0.3) is 0 Å². The van der Waals surface area contributed by atoms with Crippen LogP contribution in [-0.2, 0) is 6.42 Å². The highest BCUT2D eigenvalue weighted by atomic mass is 15.0. The monoisotopic (exact) mass is 265 g/mol. The molecular formula is C17H19N3. The van der Waals surface area contributed by atoms with Gasteiger partial charge in [0.15, 0.2) is 0 Å². The number of pyridine rings is 1. The maximum absolute atomic E-state index is 5.61. The lowest BCUT2D eigenvalue weighted by molar-refractivity contribution is 0.863. The van der Waals surface area contributed by atoms with Crippen molar-refractivity contribution in [2.45, 2.75) is 20.3 Å². The SMILES string of the molecule is Cc1ccc(-c2ccn3c(CCN)ncc3c2)cc1C. The topological polar surface area (TPSA) is 43.3 Å². The van der Waals surface area contributed by atoms with Gasteiger partial charge in [-0.1, -0.05) is 18.2 Å². The van der Waals surface area contributed by atoms with Crippen LogP contribution in [0.4, 0.5) is 0 Å². The Morgan fingerprint density at radius 1 is 1.05 bits per heavy atom. The van der Waals surface area contributed by atoms with Crippen LogP contribution < -0.4 is 5.73 Å². The zero-order valence-corrected chi connectivity index (χ0v) is 11.9. The molecule has 3 aromatic rings. The molecular weight excluding hydrogens is 246 g/mol. The largest absolute Gasteiger partial charge is 0.330 e. The molecule has 0 aliphatic rings. The summed E-state index contributed by atoms with van der Waals surface area (Å²) >= 11 is 0. The highest BCUT2D eigenvalue weighted by Gasteiger charge is 2.05. The molecule has 0 saturated heterocycles. The Kier molecular flexibility index (Phi) is 3.28. The van der Waals surface area contributed by atoms with Gasteiger partial charge in [0, 0.05) is 12.6 Å². The molecule has 0 aliphatic carbocycles. The van der Waals surface area contributed by atoms with E-state index in [9.17, 15) is 0 Å². The van der Waals surface area contributed by atoms with Crippen LogP contribution in [0, 0.1) is 13.8 Å². The molecule has 2 heterocycles. The van der Waals surface area contributed by atoms with E-state index < -0.39 is 0 Å². The number of imidazole rings is 1. The Labute approximate surface area is 119 Å². The van der Waals surface area contributed by atoms with Gasteiger partial charge in [-0.2, -0.15) is 0 Å². The van der Waals surface area contributed by atoms with E-state index in [0.29, 0.717) is 6.54 Å². The summed E-state index contributed by atoms with van der Waals surface area (Å²) in [4.78, 5) is 4.43. The molecule has 0 amide bonds. The molecule has 20 heavy (non-hydrogen) atoms. The number of rotatable bonds is 3. The van der Waals surface area contributed by atoms with Gasteiger partial charge in [0.2, 0.25) is 0 Å². The number of hydrogen-bond acceptors (Lipinski definition) is 2. The Hall–Kier alpha value is -2.13. The molecule has 3 rings (SSSR count). The molecule has 0 saturated carbocycles. The third-order valence-corrected chi connectivity index (χ3v) is 3.82. The molecule has 0 radical (unpaired) electrons. The van der Waals surface area contributed by atoms with Gasteiger partial charge in [0.05, 0.1) is 11.7 Å². The first kappa shape index (κ1) is 12.9. The first-order chi connectivity index (χ1) is 9.69. The Bertz CT molecular complexity index is 756. The zero-order chi connectivity index (χ0) is 14.1. The molecule has 0 unspecified atom stereocenters. The van der Waals surface area contributed by atoms with E-state index in [0.717, 1.165) is 17.8 Å². The van der Waals surface area contributed by atoms with Crippen LogP contribution in [-0.4, -0.2) is 15.9 Å². The van der Waals surface area contributed by atoms with Gasteiger partial charge in [-0.05, 0) is 54.8 Å². The van der Waals surface area contributed by atoms with E-state index in [-0.39, 0.29) is 0 Å². The van der Waals surface area contributed by atoms with Crippen LogP contribution in [0.3, 0.4) is 0 Å². The van der Waals surface area contributed by atoms with Crippen molar-refractivity contribution in [2.24, 2.45) is 5.73 Å². The third kappa shape index (κ3) is 2.21. The van der Waals surface area contributed by atoms with Crippen molar-refractivity contribution in [1.29, 1.82) is 0 Å². The summed E-state index contributed by atoms with van der Waals surface area (Å²) in [5, 5.41) is 0. The van der Waals surface area contributed by atoms with Gasteiger partial charge in [-0.25, -0.2) is 4.98 Å². The van der Waals surface area contributed by atoms with E-state index in [1.807, 2.05) is 6.20 Å². The molecule has 102 valence electrons. The second kappa shape index (κ2) is 5.10. The van der Waals surface area contributed by atoms with Crippen molar-refractivity contribution < 1.29 is 0 Å². The minimum absolute atomic E-state index is 0.623. The number of nitrogens with zero attached hydrogens (tertiary/aromatic N) is 2. The van der Waals surface area contributed by atoms with E-state index in [1.54, 1.807) is 0 Å². The van der Waals surface area contributed by atoms with Crippen molar-refractivity contribution in [1.82, 2.24) is 9.38 Å². The van der Waals surface area contributed by atoms with Crippen molar-refractivity contribution in [3.63, 3.8) is 0 Å². The molecule has 2 N–H and O–H groups in total. The maximum Gasteiger partial charge on any atom is 0.114 e. The molecule has 0 bridgehead atoms. The number of aryl methyl sites for hydroxylation is 2. The minimum atomic E-state index is 0.623. The van der Waals surface area contributed by atoms with Crippen LogP contribution in [0.2, 0.25) is 0 Å². The normalized spacial score (nSPS) is 11.2. The van der Waals surface area contributed by atoms with E-state index in [4.69, 9.17) is 5.73 Å². The fraction of sp³-hybridized carbons (Fsp3) is 0.235. The Morgan fingerprint density at radius 2 is 1.85 bits per heavy atom. The molecule has 3 nitrogen and oxygen atoms in total. The Morgan fingerprint density at radius 3 is 2.60 bits per heavy atom. The molecule has 0 spiro atoms. The van der Waals surface area contributed by atoms with Crippen LogP contribution in [0.15, 0.2) is 42.7 Å². The average molecular weight is 265 g/mol. The van der Waals surface area contributed by atoms with Crippen molar-refractivity contribution in [3.8, 4) is 11.1 Å². The number of nitrogens with two attached hydrogens (primary N) is 1. The average Bonchev–Trinajstić information content (AvgIpc) is 2.85. The zero-order valence-electron chi connectivity index (χ0n) is 11.9. The lowest BCUT2D eigenvalue weighted by atomic mass is 10.0. The highest BCUT2D eigenvalue weighted by Crippen LogP contribution is 2.24. The van der Waals surface area contributed by atoms with Crippen molar-refractivity contribution in [3.05, 3.63) is 59.7 Å². The molecule has 2 aromatic heterocycles. The molecule has 0 atom stereocenters. The minimum Gasteiger partial charge on any atom is -0.330 e. The lowest BCUT2D eigenvalue weighted by Crippen LogP contribution is -2.06. The highest BCUT2D eigenvalue weighted by molar-refractivity contribution is 5.69. The van der Waals surface area contributed by atoms with Crippen LogP contribution in [0.5, 0.6) is 0 Å². The summed E-state index contributed by atoms with van der Waals surface area (Å²) in [5.74, 6) is 1.02. The lowest BCUT2D eigenvalue weighted by Gasteiger charge is -2.07. The van der Waals surface area contributed by atoms with Gasteiger partial charge >= 0.3 is 0 Å². The van der Waals surface area contributed by atoms with E-state index >= 15 is 0 Å². The number of aromatic nitrogens is 2. The predicted molar refractivity (Wildman–Crippen MR) is 82.9 cm³/mol. The second-order valence-corrected chi connectivity index (χ2v) is 5.22.